The number of carbonyl (C=O) groups is 1. The number of ether oxygens (including phenoxy) is 1. The van der Waals surface area contributed by atoms with E-state index in [0.717, 1.165) is 11.3 Å². The molecule has 0 radical (unpaired) electrons. The topological polar surface area (TPSA) is 42.4 Å². The van der Waals surface area contributed by atoms with Gasteiger partial charge in [-0.05, 0) is 39.3 Å². The first-order chi connectivity index (χ1) is 8.54. The molecular weight excluding hydrogens is 228 g/mol. The summed E-state index contributed by atoms with van der Waals surface area (Å²) < 4.78 is 4.99. The van der Waals surface area contributed by atoms with Gasteiger partial charge < -0.3 is 4.74 Å². The normalized spacial score (nSPS) is 11.0. The first kappa shape index (κ1) is 14.6. The van der Waals surface area contributed by atoms with Crippen molar-refractivity contribution in [2.75, 3.05) is 13.2 Å². The van der Waals surface area contributed by atoms with E-state index in [2.05, 4.69) is 23.7 Å². The number of aryl methyl sites for hydroxylation is 1. The molecular formula is C14H22N2O2. The minimum Gasteiger partial charge on any atom is -0.465 e. The van der Waals surface area contributed by atoms with Crippen molar-refractivity contribution in [2.45, 2.75) is 40.3 Å². The van der Waals surface area contributed by atoms with Crippen molar-refractivity contribution in [3.63, 3.8) is 0 Å². The van der Waals surface area contributed by atoms with Gasteiger partial charge in [-0.2, -0.15) is 0 Å². The molecule has 100 valence electrons. The minimum atomic E-state index is -0.181. The Kier molecular flexibility index (Phi) is 5.78. The van der Waals surface area contributed by atoms with Gasteiger partial charge >= 0.3 is 5.97 Å². The van der Waals surface area contributed by atoms with E-state index in [9.17, 15) is 4.79 Å². The van der Waals surface area contributed by atoms with Gasteiger partial charge in [0.05, 0.1) is 18.8 Å². The smallest absolute Gasteiger partial charge is 0.320 e. The molecule has 0 saturated carbocycles. The van der Waals surface area contributed by atoms with Gasteiger partial charge in [-0.25, -0.2) is 0 Å². The van der Waals surface area contributed by atoms with Crippen LogP contribution >= 0.6 is 0 Å². The zero-order chi connectivity index (χ0) is 13.5. The highest BCUT2D eigenvalue weighted by Gasteiger charge is 2.16. The Morgan fingerprint density at radius 3 is 2.78 bits per heavy atom. The Hall–Kier alpha value is -1.42. The predicted molar refractivity (Wildman–Crippen MR) is 71.2 cm³/mol. The maximum Gasteiger partial charge on any atom is 0.320 e. The Labute approximate surface area is 109 Å². The maximum absolute atomic E-state index is 11.5. The molecule has 0 amide bonds. The standard InChI is InChI=1S/C14H22N2O2/c1-5-18-14(17)10-16(11(2)3)9-13-12(4)7-6-8-15-13/h6-8,11H,5,9-10H2,1-4H3. The molecule has 0 aliphatic rings. The van der Waals surface area contributed by atoms with Crippen LogP contribution in [0.4, 0.5) is 0 Å². The SMILES string of the molecule is CCOC(=O)CN(Cc1ncccc1C)C(C)C. The average molecular weight is 250 g/mol. The van der Waals surface area contributed by atoms with Crippen molar-refractivity contribution >= 4 is 5.97 Å². The second-order valence-electron chi connectivity index (χ2n) is 4.57. The van der Waals surface area contributed by atoms with Crippen LogP contribution in [-0.4, -0.2) is 35.0 Å². The summed E-state index contributed by atoms with van der Waals surface area (Å²) in [6.45, 7) is 9.39. The molecule has 1 rings (SSSR count). The number of hydrogen-bond acceptors (Lipinski definition) is 4. The van der Waals surface area contributed by atoms with Gasteiger partial charge in [-0.15, -0.1) is 0 Å². The first-order valence-electron chi connectivity index (χ1n) is 6.34. The number of pyridine rings is 1. The van der Waals surface area contributed by atoms with E-state index < -0.39 is 0 Å². The third-order valence-electron chi connectivity index (χ3n) is 2.84. The van der Waals surface area contributed by atoms with Crippen LogP contribution in [0.25, 0.3) is 0 Å². The van der Waals surface area contributed by atoms with Gasteiger partial charge in [0, 0.05) is 18.8 Å². The molecule has 0 aliphatic carbocycles. The van der Waals surface area contributed by atoms with Crippen LogP contribution in [0.2, 0.25) is 0 Å². The van der Waals surface area contributed by atoms with Gasteiger partial charge in [-0.3, -0.25) is 14.7 Å². The number of rotatable bonds is 6. The number of carbonyl (C=O) groups excluding carboxylic acids is 1. The molecule has 1 heterocycles. The molecule has 4 heteroatoms. The molecule has 1 aromatic rings. The summed E-state index contributed by atoms with van der Waals surface area (Å²) in [5, 5.41) is 0. The fourth-order valence-electron chi connectivity index (χ4n) is 1.67. The number of hydrogen-bond donors (Lipinski definition) is 0. The molecule has 4 nitrogen and oxygen atoms in total. The van der Waals surface area contributed by atoms with Gasteiger partial charge in [0.15, 0.2) is 0 Å². The van der Waals surface area contributed by atoms with Gasteiger partial charge in [0.1, 0.15) is 0 Å². The minimum absolute atomic E-state index is 0.181. The van der Waals surface area contributed by atoms with Gasteiger partial charge in [-0.1, -0.05) is 6.07 Å². The molecule has 0 saturated heterocycles. The zero-order valence-electron chi connectivity index (χ0n) is 11.6. The molecule has 0 spiro atoms. The largest absolute Gasteiger partial charge is 0.465 e. The molecule has 0 aliphatic heterocycles. The van der Waals surface area contributed by atoms with Crippen LogP contribution in [0, 0.1) is 6.92 Å². The van der Waals surface area contributed by atoms with Crippen LogP contribution in [-0.2, 0) is 16.1 Å². The summed E-state index contributed by atoms with van der Waals surface area (Å²) in [6, 6.07) is 4.23. The summed E-state index contributed by atoms with van der Waals surface area (Å²) >= 11 is 0. The highest BCUT2D eigenvalue weighted by atomic mass is 16.5. The lowest BCUT2D eigenvalue weighted by Gasteiger charge is -2.25. The molecule has 0 fully saturated rings. The number of esters is 1. The van der Waals surface area contributed by atoms with Crippen LogP contribution < -0.4 is 0 Å². The van der Waals surface area contributed by atoms with Crippen LogP contribution in [0.15, 0.2) is 18.3 Å². The second kappa shape index (κ2) is 7.11. The third-order valence-corrected chi connectivity index (χ3v) is 2.84. The molecule has 0 atom stereocenters. The van der Waals surface area contributed by atoms with Crippen molar-refractivity contribution in [1.29, 1.82) is 0 Å². The van der Waals surface area contributed by atoms with Crippen LogP contribution in [0.3, 0.4) is 0 Å². The fraction of sp³-hybridized carbons (Fsp3) is 0.571. The summed E-state index contributed by atoms with van der Waals surface area (Å²) in [5.74, 6) is -0.181. The molecule has 18 heavy (non-hydrogen) atoms. The predicted octanol–water partition coefficient (Wildman–Crippen LogP) is 2.16. The van der Waals surface area contributed by atoms with Crippen molar-refractivity contribution in [3.05, 3.63) is 29.6 Å². The Bertz CT molecular complexity index is 391. The summed E-state index contributed by atoms with van der Waals surface area (Å²) in [4.78, 5) is 18.0. The lowest BCUT2D eigenvalue weighted by Crippen LogP contribution is -2.36. The van der Waals surface area contributed by atoms with E-state index >= 15 is 0 Å². The summed E-state index contributed by atoms with van der Waals surface area (Å²) in [7, 11) is 0. The molecule has 0 unspecified atom stereocenters. The molecule has 1 aromatic heterocycles. The number of aromatic nitrogens is 1. The average Bonchev–Trinajstić information content (AvgIpc) is 2.31. The lowest BCUT2D eigenvalue weighted by molar-refractivity contribution is -0.145. The van der Waals surface area contributed by atoms with E-state index in [-0.39, 0.29) is 12.0 Å². The second-order valence-corrected chi connectivity index (χ2v) is 4.57. The summed E-state index contributed by atoms with van der Waals surface area (Å²) in [6.07, 6.45) is 1.78. The monoisotopic (exact) mass is 250 g/mol. The quantitative estimate of drug-likeness (QED) is 0.726. The van der Waals surface area contributed by atoms with Gasteiger partial charge in [0.2, 0.25) is 0 Å². The maximum atomic E-state index is 11.5. The molecule has 0 aromatic carbocycles. The van der Waals surface area contributed by atoms with Crippen LogP contribution in [0.1, 0.15) is 32.0 Å². The molecule has 0 bridgehead atoms. The van der Waals surface area contributed by atoms with Crippen molar-refractivity contribution in [3.8, 4) is 0 Å². The third kappa shape index (κ3) is 4.45. The van der Waals surface area contributed by atoms with E-state index in [4.69, 9.17) is 4.74 Å². The number of nitrogens with zero attached hydrogens (tertiary/aromatic N) is 2. The van der Waals surface area contributed by atoms with E-state index in [1.165, 1.54) is 0 Å². The highest BCUT2D eigenvalue weighted by Crippen LogP contribution is 2.10. The van der Waals surface area contributed by atoms with Gasteiger partial charge in [0.25, 0.3) is 0 Å². The summed E-state index contributed by atoms with van der Waals surface area (Å²) in [5.41, 5.74) is 2.16. The fourth-order valence-corrected chi connectivity index (χ4v) is 1.67. The van der Waals surface area contributed by atoms with Crippen molar-refractivity contribution in [1.82, 2.24) is 9.88 Å². The van der Waals surface area contributed by atoms with Crippen LogP contribution in [0.5, 0.6) is 0 Å². The van der Waals surface area contributed by atoms with E-state index in [1.54, 1.807) is 6.20 Å². The Balaban J connectivity index is 2.69. The lowest BCUT2D eigenvalue weighted by atomic mass is 10.2. The van der Waals surface area contributed by atoms with E-state index in [0.29, 0.717) is 19.7 Å². The van der Waals surface area contributed by atoms with Crippen molar-refractivity contribution in [2.24, 2.45) is 0 Å². The Morgan fingerprint density at radius 2 is 2.22 bits per heavy atom. The zero-order valence-corrected chi connectivity index (χ0v) is 11.6. The Morgan fingerprint density at radius 1 is 1.50 bits per heavy atom. The van der Waals surface area contributed by atoms with Crippen molar-refractivity contribution < 1.29 is 9.53 Å². The van der Waals surface area contributed by atoms with E-state index in [1.807, 2.05) is 26.0 Å². The molecule has 0 N–H and O–H groups in total. The highest BCUT2D eigenvalue weighted by molar-refractivity contribution is 5.71. The first-order valence-corrected chi connectivity index (χ1v) is 6.34.